The quantitative estimate of drug-likeness (QED) is 0.528. The van der Waals surface area contributed by atoms with Crippen molar-refractivity contribution in [3.63, 3.8) is 0 Å². The number of carbonyl (C=O) groups is 2. The molecule has 0 spiro atoms. The van der Waals surface area contributed by atoms with Crippen LogP contribution in [0, 0.1) is 0 Å². The molecule has 3 aromatic carbocycles. The fourth-order valence-corrected chi connectivity index (χ4v) is 3.70. The van der Waals surface area contributed by atoms with Gasteiger partial charge in [-0.3, -0.25) is 9.59 Å². The number of nitrogens with one attached hydrogen (secondary N) is 2. The van der Waals surface area contributed by atoms with E-state index in [0.29, 0.717) is 36.2 Å². The van der Waals surface area contributed by atoms with Gasteiger partial charge in [-0.05, 0) is 48.0 Å². The van der Waals surface area contributed by atoms with E-state index in [1.807, 2.05) is 35.2 Å². The molecular formula is C25H24ClN3O4. The molecule has 170 valence electrons. The Balaban J connectivity index is 1.25. The summed E-state index contributed by atoms with van der Waals surface area (Å²) in [5.41, 5.74) is 2.41. The van der Waals surface area contributed by atoms with E-state index in [2.05, 4.69) is 10.6 Å². The van der Waals surface area contributed by atoms with E-state index in [1.165, 1.54) is 0 Å². The first-order valence-corrected chi connectivity index (χ1v) is 11.0. The third-order valence-corrected chi connectivity index (χ3v) is 5.36. The highest BCUT2D eigenvalue weighted by molar-refractivity contribution is 6.33. The molecule has 3 aromatic rings. The molecular weight excluding hydrogens is 442 g/mol. The first-order chi connectivity index (χ1) is 16.1. The zero-order valence-electron chi connectivity index (χ0n) is 17.9. The standard InChI is InChI=1S/C25H24ClN3O4/c26-22-14-19(6-11-23(22)29-13-12-27-24(30)15-29)28-25(31)17-33-21-9-7-20(8-10-21)32-16-18-4-2-1-3-5-18/h1-11,14H,12-13,15-17H2,(H,27,30)(H,28,31). The summed E-state index contributed by atoms with van der Waals surface area (Å²) in [6.45, 7) is 1.85. The summed E-state index contributed by atoms with van der Waals surface area (Å²) in [7, 11) is 0. The molecule has 2 amide bonds. The zero-order chi connectivity index (χ0) is 23.0. The SMILES string of the molecule is O=C1CN(c2ccc(NC(=O)COc3ccc(OCc4ccccc4)cc3)cc2Cl)CCN1. The van der Waals surface area contributed by atoms with Crippen molar-refractivity contribution < 1.29 is 19.1 Å². The number of ether oxygens (including phenoxy) is 2. The van der Waals surface area contributed by atoms with Gasteiger partial charge < -0.3 is 25.0 Å². The Labute approximate surface area is 197 Å². The number of carbonyl (C=O) groups excluding carboxylic acids is 2. The predicted octanol–water partition coefficient (Wildman–Crippen LogP) is 3.87. The second-order valence-electron chi connectivity index (χ2n) is 7.52. The van der Waals surface area contributed by atoms with Gasteiger partial charge in [0, 0.05) is 18.8 Å². The lowest BCUT2D eigenvalue weighted by Crippen LogP contribution is -2.47. The fraction of sp³-hybridized carbons (Fsp3) is 0.200. The topological polar surface area (TPSA) is 79.9 Å². The maximum absolute atomic E-state index is 12.3. The first kappa shape index (κ1) is 22.5. The van der Waals surface area contributed by atoms with Crippen LogP contribution in [0.5, 0.6) is 11.5 Å². The molecule has 0 aliphatic carbocycles. The summed E-state index contributed by atoms with van der Waals surface area (Å²) < 4.78 is 11.3. The predicted molar refractivity (Wildman–Crippen MR) is 128 cm³/mol. The molecule has 1 aliphatic heterocycles. The minimum Gasteiger partial charge on any atom is -0.489 e. The summed E-state index contributed by atoms with van der Waals surface area (Å²) in [4.78, 5) is 25.8. The normalized spacial score (nSPS) is 13.2. The Bertz CT molecular complexity index is 1110. The summed E-state index contributed by atoms with van der Waals surface area (Å²) in [5, 5.41) is 6.02. The summed E-state index contributed by atoms with van der Waals surface area (Å²) in [5.74, 6) is 0.939. The average Bonchev–Trinajstić information content (AvgIpc) is 2.83. The number of anilines is 2. The average molecular weight is 466 g/mol. The Hall–Kier alpha value is -3.71. The van der Waals surface area contributed by atoms with Crippen molar-refractivity contribution in [2.24, 2.45) is 0 Å². The monoisotopic (exact) mass is 465 g/mol. The number of hydrogen-bond donors (Lipinski definition) is 2. The molecule has 0 aromatic heterocycles. The van der Waals surface area contributed by atoms with Crippen LogP contribution in [0.4, 0.5) is 11.4 Å². The van der Waals surface area contributed by atoms with E-state index in [4.69, 9.17) is 21.1 Å². The highest BCUT2D eigenvalue weighted by Crippen LogP contribution is 2.29. The number of halogens is 1. The van der Waals surface area contributed by atoms with Gasteiger partial charge in [0.15, 0.2) is 6.61 Å². The molecule has 0 saturated carbocycles. The van der Waals surface area contributed by atoms with Crippen LogP contribution >= 0.6 is 11.6 Å². The summed E-state index contributed by atoms with van der Waals surface area (Å²) in [6.07, 6.45) is 0. The molecule has 0 unspecified atom stereocenters. The van der Waals surface area contributed by atoms with Crippen LogP contribution in [-0.2, 0) is 16.2 Å². The molecule has 1 heterocycles. The van der Waals surface area contributed by atoms with E-state index in [-0.39, 0.29) is 25.0 Å². The number of benzene rings is 3. The van der Waals surface area contributed by atoms with Crippen LogP contribution in [-0.4, -0.2) is 38.1 Å². The molecule has 1 saturated heterocycles. The molecule has 0 bridgehead atoms. The molecule has 4 rings (SSSR count). The molecule has 33 heavy (non-hydrogen) atoms. The van der Waals surface area contributed by atoms with Crippen molar-refractivity contribution in [3.8, 4) is 11.5 Å². The Morgan fingerprint density at radius 3 is 2.42 bits per heavy atom. The molecule has 2 N–H and O–H groups in total. The molecule has 8 heteroatoms. The number of hydrogen-bond acceptors (Lipinski definition) is 5. The maximum Gasteiger partial charge on any atom is 0.262 e. The first-order valence-electron chi connectivity index (χ1n) is 10.6. The van der Waals surface area contributed by atoms with Gasteiger partial charge in [0.1, 0.15) is 18.1 Å². The van der Waals surface area contributed by atoms with Gasteiger partial charge in [-0.15, -0.1) is 0 Å². The van der Waals surface area contributed by atoms with Gasteiger partial charge in [0.25, 0.3) is 5.91 Å². The second-order valence-corrected chi connectivity index (χ2v) is 7.93. The van der Waals surface area contributed by atoms with Gasteiger partial charge in [-0.2, -0.15) is 0 Å². The molecule has 1 fully saturated rings. The molecule has 0 atom stereocenters. The van der Waals surface area contributed by atoms with E-state index in [0.717, 1.165) is 17.0 Å². The lowest BCUT2D eigenvalue weighted by atomic mass is 10.2. The lowest BCUT2D eigenvalue weighted by Gasteiger charge is -2.29. The van der Waals surface area contributed by atoms with Gasteiger partial charge in [-0.1, -0.05) is 41.9 Å². The van der Waals surface area contributed by atoms with Crippen LogP contribution in [0.15, 0.2) is 72.8 Å². The van der Waals surface area contributed by atoms with Crippen LogP contribution in [0.2, 0.25) is 5.02 Å². The smallest absolute Gasteiger partial charge is 0.262 e. The number of rotatable bonds is 8. The number of amides is 2. The van der Waals surface area contributed by atoms with Crippen molar-refractivity contribution in [1.82, 2.24) is 5.32 Å². The molecule has 1 aliphatic rings. The zero-order valence-corrected chi connectivity index (χ0v) is 18.7. The van der Waals surface area contributed by atoms with E-state index < -0.39 is 0 Å². The van der Waals surface area contributed by atoms with Crippen LogP contribution in [0.25, 0.3) is 0 Å². The van der Waals surface area contributed by atoms with Crippen molar-refractivity contribution in [1.29, 1.82) is 0 Å². The lowest BCUT2D eigenvalue weighted by molar-refractivity contribution is -0.120. The Morgan fingerprint density at radius 2 is 1.73 bits per heavy atom. The molecule has 7 nitrogen and oxygen atoms in total. The third kappa shape index (κ3) is 6.40. The van der Waals surface area contributed by atoms with Crippen LogP contribution in [0.1, 0.15) is 5.56 Å². The highest BCUT2D eigenvalue weighted by atomic mass is 35.5. The van der Waals surface area contributed by atoms with Crippen molar-refractivity contribution >= 4 is 34.8 Å². The van der Waals surface area contributed by atoms with Crippen molar-refractivity contribution in [2.45, 2.75) is 6.61 Å². The van der Waals surface area contributed by atoms with Crippen LogP contribution < -0.4 is 25.0 Å². The van der Waals surface area contributed by atoms with Crippen molar-refractivity contribution in [2.75, 3.05) is 36.5 Å². The fourth-order valence-electron chi connectivity index (χ4n) is 3.40. The van der Waals surface area contributed by atoms with Crippen LogP contribution in [0.3, 0.4) is 0 Å². The minimum atomic E-state index is -0.305. The van der Waals surface area contributed by atoms with Gasteiger partial charge in [0.2, 0.25) is 5.91 Å². The van der Waals surface area contributed by atoms with Gasteiger partial charge in [0.05, 0.1) is 17.3 Å². The summed E-state index contributed by atoms with van der Waals surface area (Å²) >= 11 is 6.38. The molecule has 0 radical (unpaired) electrons. The maximum atomic E-state index is 12.3. The third-order valence-electron chi connectivity index (χ3n) is 5.05. The van der Waals surface area contributed by atoms with E-state index in [9.17, 15) is 9.59 Å². The highest BCUT2D eigenvalue weighted by Gasteiger charge is 2.19. The van der Waals surface area contributed by atoms with Gasteiger partial charge in [-0.25, -0.2) is 0 Å². The minimum absolute atomic E-state index is 0.0392. The Morgan fingerprint density at radius 1 is 1.00 bits per heavy atom. The van der Waals surface area contributed by atoms with Crippen molar-refractivity contribution in [3.05, 3.63) is 83.4 Å². The second kappa shape index (κ2) is 10.7. The Kier molecular flexibility index (Phi) is 7.32. The van der Waals surface area contributed by atoms with E-state index in [1.54, 1.807) is 42.5 Å². The number of piperazine rings is 1. The summed E-state index contributed by atoms with van der Waals surface area (Å²) in [6, 6.07) is 22.2. The van der Waals surface area contributed by atoms with E-state index >= 15 is 0 Å². The number of nitrogens with zero attached hydrogens (tertiary/aromatic N) is 1. The largest absolute Gasteiger partial charge is 0.489 e. The van der Waals surface area contributed by atoms with Gasteiger partial charge >= 0.3 is 0 Å².